The molecule has 1 aliphatic rings. The number of nitrogens with one attached hydrogen (secondary N) is 2. The van der Waals surface area contributed by atoms with E-state index in [2.05, 4.69) is 32.2 Å². The first kappa shape index (κ1) is 24.0. The third kappa shape index (κ3) is 5.34. The van der Waals surface area contributed by atoms with Crippen LogP contribution in [0, 0.1) is 18.3 Å². The van der Waals surface area contributed by atoms with Crippen molar-refractivity contribution < 1.29 is 9.53 Å². The molecule has 178 valence electrons. The van der Waals surface area contributed by atoms with Crippen molar-refractivity contribution in [1.82, 2.24) is 25.1 Å². The van der Waals surface area contributed by atoms with Crippen LogP contribution in [0.4, 0.5) is 0 Å². The number of fused-ring (bicyclic) bond motifs is 1. The third-order valence-corrected chi connectivity index (χ3v) is 6.23. The molecule has 0 saturated carbocycles. The number of carbonyl (C=O) groups excluding carboxylic acids is 1. The van der Waals surface area contributed by atoms with Gasteiger partial charge in [-0.05, 0) is 75.8 Å². The van der Waals surface area contributed by atoms with Crippen molar-refractivity contribution >= 4 is 16.8 Å². The summed E-state index contributed by atoms with van der Waals surface area (Å²) in [7, 11) is 1.83. The van der Waals surface area contributed by atoms with Crippen molar-refractivity contribution in [3.05, 3.63) is 58.9 Å². The van der Waals surface area contributed by atoms with Crippen molar-refractivity contribution in [3.8, 4) is 11.8 Å². The number of benzene rings is 1. The van der Waals surface area contributed by atoms with Gasteiger partial charge in [-0.1, -0.05) is 6.42 Å². The van der Waals surface area contributed by atoms with E-state index >= 15 is 0 Å². The number of ketones is 1. The van der Waals surface area contributed by atoms with Crippen molar-refractivity contribution in [2.24, 2.45) is 0 Å². The first-order chi connectivity index (χ1) is 16.6. The molecule has 1 aliphatic heterocycles. The maximum absolute atomic E-state index is 13.5. The highest BCUT2D eigenvalue weighted by molar-refractivity contribution is 6.09. The molecule has 1 fully saturated rings. The molecule has 0 spiro atoms. The summed E-state index contributed by atoms with van der Waals surface area (Å²) in [5, 5.41) is 15.4. The molecule has 3 aromatic rings. The quantitative estimate of drug-likeness (QED) is 0.273. The fourth-order valence-electron chi connectivity index (χ4n) is 4.59. The fraction of sp³-hybridized carbons (Fsp3) is 0.423. The van der Waals surface area contributed by atoms with Gasteiger partial charge in [-0.25, -0.2) is 0 Å². The predicted octanol–water partition coefficient (Wildman–Crippen LogP) is 3.11. The van der Waals surface area contributed by atoms with Crippen LogP contribution in [0.2, 0.25) is 0 Å². The lowest BCUT2D eigenvalue weighted by atomic mass is 10.1. The zero-order valence-electron chi connectivity index (χ0n) is 19.9. The van der Waals surface area contributed by atoms with Crippen LogP contribution in [0.5, 0.6) is 0 Å². The Kier molecular flexibility index (Phi) is 8.03. The van der Waals surface area contributed by atoms with Gasteiger partial charge in [0.25, 0.3) is 0 Å². The lowest BCUT2D eigenvalue weighted by Gasteiger charge is -2.25. The summed E-state index contributed by atoms with van der Waals surface area (Å²) >= 11 is 0. The third-order valence-electron chi connectivity index (χ3n) is 6.23. The Balaban J connectivity index is 1.70. The van der Waals surface area contributed by atoms with Gasteiger partial charge >= 0.3 is 0 Å². The molecule has 8 heteroatoms. The maximum atomic E-state index is 13.5. The van der Waals surface area contributed by atoms with E-state index in [1.54, 1.807) is 12.1 Å². The highest BCUT2D eigenvalue weighted by atomic mass is 16.5. The standard InChI is InChI=1S/C26H32N6O2/c1-19-25(24(33)16-31-10-4-3-5-11-31)26-23(32(19)22-8-6-20(13-27)7-9-22)12-21(15-30-26)14-29-18-34-17-28-2/h6-9,12,15,28-29H,3-5,10-11,14,16-18H2,1-2H3. The summed E-state index contributed by atoms with van der Waals surface area (Å²) in [6, 6.07) is 11.7. The van der Waals surface area contributed by atoms with Crippen molar-refractivity contribution in [1.29, 1.82) is 5.26 Å². The molecule has 3 heterocycles. The zero-order chi connectivity index (χ0) is 23.9. The Hall–Kier alpha value is -3.09. The van der Waals surface area contributed by atoms with E-state index in [0.717, 1.165) is 53.9 Å². The molecule has 4 rings (SSSR count). The normalized spacial score (nSPS) is 14.4. The van der Waals surface area contributed by atoms with Crippen LogP contribution in [-0.2, 0) is 11.3 Å². The molecule has 1 saturated heterocycles. The molecule has 0 bridgehead atoms. The lowest BCUT2D eigenvalue weighted by molar-refractivity contribution is 0.0916. The molecule has 0 aliphatic carbocycles. The Labute approximate surface area is 200 Å². The van der Waals surface area contributed by atoms with Crippen LogP contribution in [0.15, 0.2) is 36.5 Å². The van der Waals surface area contributed by atoms with E-state index in [9.17, 15) is 10.1 Å². The van der Waals surface area contributed by atoms with Gasteiger partial charge in [0.05, 0.1) is 48.2 Å². The second-order valence-electron chi connectivity index (χ2n) is 8.70. The summed E-state index contributed by atoms with van der Waals surface area (Å²) in [4.78, 5) is 20.5. The second kappa shape index (κ2) is 11.4. The van der Waals surface area contributed by atoms with E-state index < -0.39 is 0 Å². The van der Waals surface area contributed by atoms with Crippen LogP contribution >= 0.6 is 0 Å². The first-order valence-electron chi connectivity index (χ1n) is 11.8. The van der Waals surface area contributed by atoms with Gasteiger partial charge < -0.3 is 9.30 Å². The van der Waals surface area contributed by atoms with Gasteiger partial charge in [0.15, 0.2) is 5.78 Å². The number of nitrogens with zero attached hydrogens (tertiary/aromatic N) is 4. The first-order valence-corrected chi connectivity index (χ1v) is 11.8. The number of aromatic nitrogens is 2. The fourth-order valence-corrected chi connectivity index (χ4v) is 4.59. The molecular weight excluding hydrogens is 428 g/mol. The number of hydrogen-bond acceptors (Lipinski definition) is 7. The van der Waals surface area contributed by atoms with Crippen molar-refractivity contribution in [2.75, 3.05) is 40.1 Å². The molecule has 0 atom stereocenters. The maximum Gasteiger partial charge on any atom is 0.180 e. The Bertz CT molecular complexity index is 1170. The van der Waals surface area contributed by atoms with Gasteiger partial charge in [0, 0.05) is 24.1 Å². The van der Waals surface area contributed by atoms with E-state index in [1.165, 1.54) is 6.42 Å². The molecule has 0 radical (unpaired) electrons. The summed E-state index contributed by atoms with van der Waals surface area (Å²) in [5.41, 5.74) is 5.67. The smallest absolute Gasteiger partial charge is 0.180 e. The minimum Gasteiger partial charge on any atom is -0.351 e. The van der Waals surface area contributed by atoms with Crippen molar-refractivity contribution in [2.45, 2.75) is 32.7 Å². The molecule has 0 amide bonds. The van der Waals surface area contributed by atoms with Crippen LogP contribution < -0.4 is 10.6 Å². The molecule has 2 aromatic heterocycles. The minimum atomic E-state index is 0.107. The summed E-state index contributed by atoms with van der Waals surface area (Å²) in [6.45, 7) is 5.84. The van der Waals surface area contributed by atoms with Gasteiger partial charge in [-0.2, -0.15) is 5.26 Å². The highest BCUT2D eigenvalue weighted by Crippen LogP contribution is 2.29. The SMILES string of the molecule is CNCOCNCc1cnc2c(C(=O)CN3CCCCC3)c(C)n(-c3ccc(C#N)cc3)c2c1. The molecule has 8 nitrogen and oxygen atoms in total. The van der Waals surface area contributed by atoms with E-state index in [0.29, 0.717) is 37.7 Å². The zero-order valence-corrected chi connectivity index (χ0v) is 19.9. The largest absolute Gasteiger partial charge is 0.351 e. The Morgan fingerprint density at radius 3 is 2.65 bits per heavy atom. The number of nitriles is 1. The Morgan fingerprint density at radius 1 is 1.18 bits per heavy atom. The van der Waals surface area contributed by atoms with E-state index in [4.69, 9.17) is 9.72 Å². The summed E-state index contributed by atoms with van der Waals surface area (Å²) in [5.74, 6) is 0.107. The number of rotatable bonds is 10. The highest BCUT2D eigenvalue weighted by Gasteiger charge is 2.24. The van der Waals surface area contributed by atoms with Crippen LogP contribution in [0.3, 0.4) is 0 Å². The molecule has 2 N–H and O–H groups in total. The molecular formula is C26H32N6O2. The number of Topliss-reactive ketones (excluding diaryl/α,β-unsaturated/α-hetero) is 1. The van der Waals surface area contributed by atoms with Crippen LogP contribution in [0.25, 0.3) is 16.7 Å². The van der Waals surface area contributed by atoms with Gasteiger partial charge in [0.1, 0.15) is 0 Å². The number of carbonyl (C=O) groups is 1. The summed E-state index contributed by atoms with van der Waals surface area (Å²) < 4.78 is 7.49. The predicted molar refractivity (Wildman–Crippen MR) is 132 cm³/mol. The average Bonchev–Trinajstić information content (AvgIpc) is 3.15. The van der Waals surface area contributed by atoms with Gasteiger partial charge in [0.2, 0.25) is 0 Å². The summed E-state index contributed by atoms with van der Waals surface area (Å²) in [6.07, 6.45) is 5.35. The van der Waals surface area contributed by atoms with E-state index in [1.807, 2.05) is 32.3 Å². The molecule has 0 unspecified atom stereocenters. The lowest BCUT2D eigenvalue weighted by Crippen LogP contribution is -2.34. The van der Waals surface area contributed by atoms with Crippen LogP contribution in [-0.4, -0.2) is 60.4 Å². The number of ether oxygens (including phenoxy) is 1. The molecule has 34 heavy (non-hydrogen) atoms. The number of pyridine rings is 1. The minimum absolute atomic E-state index is 0.107. The number of hydrogen-bond donors (Lipinski definition) is 2. The van der Waals surface area contributed by atoms with Gasteiger partial charge in [-0.3, -0.25) is 25.3 Å². The monoisotopic (exact) mass is 460 g/mol. The number of piperidine rings is 1. The Morgan fingerprint density at radius 2 is 1.94 bits per heavy atom. The van der Waals surface area contributed by atoms with Crippen molar-refractivity contribution in [3.63, 3.8) is 0 Å². The molecule has 1 aromatic carbocycles. The topological polar surface area (TPSA) is 95.2 Å². The average molecular weight is 461 g/mol. The second-order valence-corrected chi connectivity index (χ2v) is 8.70. The number of likely N-dealkylation sites (tertiary alicyclic amines) is 1. The van der Waals surface area contributed by atoms with Crippen LogP contribution in [0.1, 0.15) is 46.4 Å². The van der Waals surface area contributed by atoms with Gasteiger partial charge in [-0.15, -0.1) is 0 Å². The van der Waals surface area contributed by atoms with E-state index in [-0.39, 0.29) is 5.78 Å².